The fraction of sp³-hybridized carbons (Fsp3) is 0.800. The lowest BCUT2D eigenvalue weighted by Crippen LogP contribution is -2.41. The summed E-state index contributed by atoms with van der Waals surface area (Å²) in [6.07, 6.45) is 3.58. The molecule has 19 heavy (non-hydrogen) atoms. The van der Waals surface area contributed by atoms with Gasteiger partial charge in [0.25, 0.3) is 0 Å². The number of rotatable bonds is 11. The number of carbonyl (C=O) groups excluding carboxylic acids is 1. The van der Waals surface area contributed by atoms with Crippen LogP contribution in [0, 0.1) is 0 Å². The van der Waals surface area contributed by atoms with Gasteiger partial charge in [0.1, 0.15) is 0 Å². The molecule has 0 heterocycles. The first-order valence-corrected chi connectivity index (χ1v) is 9.87. The highest BCUT2D eigenvalue weighted by Crippen LogP contribution is 2.20. The second kappa shape index (κ2) is 9.45. The van der Waals surface area contributed by atoms with Crippen molar-refractivity contribution in [1.82, 2.24) is 0 Å². The Morgan fingerprint density at radius 3 is 2.47 bits per heavy atom. The molecule has 2 unspecified atom stereocenters. The number of Topliss-reactive ketones (excluding diaryl/α,β-unsaturated/α-hetero) is 1. The SMILES string of the molecule is C=C(C)C(=O)CCCC(C)O[Si](C)(CCC)OCC. The van der Waals surface area contributed by atoms with Crippen LogP contribution in [0.25, 0.3) is 0 Å². The maximum atomic E-state index is 11.5. The Bertz CT molecular complexity index is 283. The van der Waals surface area contributed by atoms with Gasteiger partial charge in [-0.2, -0.15) is 0 Å². The maximum absolute atomic E-state index is 11.5. The van der Waals surface area contributed by atoms with Gasteiger partial charge in [0, 0.05) is 19.1 Å². The van der Waals surface area contributed by atoms with Crippen LogP contribution in [-0.2, 0) is 13.6 Å². The lowest BCUT2D eigenvalue weighted by molar-refractivity contribution is -0.115. The van der Waals surface area contributed by atoms with Crippen LogP contribution < -0.4 is 0 Å². The van der Waals surface area contributed by atoms with E-state index in [1.807, 2.05) is 6.92 Å². The summed E-state index contributed by atoms with van der Waals surface area (Å²) in [6.45, 7) is 14.5. The van der Waals surface area contributed by atoms with Crippen LogP contribution in [0.2, 0.25) is 12.6 Å². The molecule has 0 aromatic carbocycles. The van der Waals surface area contributed by atoms with Crippen LogP contribution in [0.5, 0.6) is 0 Å². The van der Waals surface area contributed by atoms with Crippen LogP contribution in [0.3, 0.4) is 0 Å². The Balaban J connectivity index is 4.09. The van der Waals surface area contributed by atoms with E-state index in [0.29, 0.717) is 18.6 Å². The van der Waals surface area contributed by atoms with Gasteiger partial charge in [0.05, 0.1) is 0 Å². The summed E-state index contributed by atoms with van der Waals surface area (Å²) in [7, 11) is -2.01. The van der Waals surface area contributed by atoms with Crippen molar-refractivity contribution in [2.45, 2.75) is 72.1 Å². The number of ketones is 1. The van der Waals surface area contributed by atoms with E-state index in [-0.39, 0.29) is 11.9 Å². The smallest absolute Gasteiger partial charge is 0.335 e. The molecule has 0 radical (unpaired) electrons. The molecule has 0 saturated carbocycles. The largest absolute Gasteiger partial charge is 0.395 e. The molecule has 0 aliphatic carbocycles. The summed E-state index contributed by atoms with van der Waals surface area (Å²) in [4.78, 5) is 11.5. The molecule has 0 bridgehead atoms. The first-order valence-electron chi connectivity index (χ1n) is 7.35. The van der Waals surface area contributed by atoms with Crippen molar-refractivity contribution >= 4 is 14.3 Å². The molecule has 112 valence electrons. The van der Waals surface area contributed by atoms with Gasteiger partial charge in [0.2, 0.25) is 0 Å². The van der Waals surface area contributed by atoms with Crippen molar-refractivity contribution in [1.29, 1.82) is 0 Å². The summed E-state index contributed by atoms with van der Waals surface area (Å²) in [5.74, 6) is 0.158. The molecule has 0 aliphatic heterocycles. The number of carbonyl (C=O) groups is 1. The highest BCUT2D eigenvalue weighted by atomic mass is 28.4. The zero-order valence-corrected chi connectivity index (χ0v) is 14.3. The molecule has 0 rings (SSSR count). The second-order valence-electron chi connectivity index (χ2n) is 5.34. The average Bonchev–Trinajstić information content (AvgIpc) is 2.28. The summed E-state index contributed by atoms with van der Waals surface area (Å²) >= 11 is 0. The predicted octanol–water partition coefficient (Wildman–Crippen LogP) is 4.23. The third-order valence-corrected chi connectivity index (χ3v) is 6.30. The van der Waals surface area contributed by atoms with Gasteiger partial charge in [-0.15, -0.1) is 0 Å². The minimum atomic E-state index is -2.01. The van der Waals surface area contributed by atoms with Crippen molar-refractivity contribution in [3.8, 4) is 0 Å². The van der Waals surface area contributed by atoms with Gasteiger partial charge in [-0.25, -0.2) is 0 Å². The molecule has 0 spiro atoms. The number of hydrogen-bond donors (Lipinski definition) is 0. The monoisotopic (exact) mass is 286 g/mol. The summed E-state index contributed by atoms with van der Waals surface area (Å²) in [5.41, 5.74) is 0.646. The molecule has 0 amide bonds. The third-order valence-electron chi connectivity index (χ3n) is 3.09. The van der Waals surface area contributed by atoms with E-state index in [2.05, 4.69) is 27.0 Å². The van der Waals surface area contributed by atoms with Gasteiger partial charge in [0.15, 0.2) is 5.78 Å². The van der Waals surface area contributed by atoms with Gasteiger partial charge in [-0.05, 0) is 51.8 Å². The van der Waals surface area contributed by atoms with E-state index < -0.39 is 8.56 Å². The lowest BCUT2D eigenvalue weighted by Gasteiger charge is -2.29. The molecular formula is C15H30O3Si. The molecule has 0 aromatic heterocycles. The van der Waals surface area contributed by atoms with Crippen LogP contribution in [0.4, 0.5) is 0 Å². The topological polar surface area (TPSA) is 35.5 Å². The van der Waals surface area contributed by atoms with Crippen LogP contribution in [-0.4, -0.2) is 27.1 Å². The van der Waals surface area contributed by atoms with Crippen molar-refractivity contribution < 1.29 is 13.6 Å². The Morgan fingerprint density at radius 2 is 2.00 bits per heavy atom. The summed E-state index contributed by atoms with van der Waals surface area (Å²) in [6, 6.07) is 1.02. The maximum Gasteiger partial charge on any atom is 0.335 e. The Labute approximate surface area is 119 Å². The standard InChI is InChI=1S/C15H30O3Si/c1-7-12-19(6,17-8-2)18-14(5)10-9-11-15(16)13(3)4/h14H,3,7-12H2,1-2,4-6H3. The van der Waals surface area contributed by atoms with Crippen molar-refractivity contribution in [3.05, 3.63) is 12.2 Å². The van der Waals surface area contributed by atoms with Gasteiger partial charge in [-0.3, -0.25) is 4.79 Å². The highest BCUT2D eigenvalue weighted by molar-refractivity contribution is 6.66. The van der Waals surface area contributed by atoms with E-state index in [0.717, 1.165) is 25.3 Å². The molecule has 4 heteroatoms. The van der Waals surface area contributed by atoms with Gasteiger partial charge < -0.3 is 8.85 Å². The fourth-order valence-corrected chi connectivity index (χ4v) is 4.99. The third kappa shape index (κ3) is 8.34. The van der Waals surface area contributed by atoms with Gasteiger partial charge >= 0.3 is 8.56 Å². The van der Waals surface area contributed by atoms with E-state index in [4.69, 9.17) is 8.85 Å². The zero-order chi connectivity index (χ0) is 14.9. The van der Waals surface area contributed by atoms with Crippen LogP contribution in [0.15, 0.2) is 12.2 Å². The normalized spacial score (nSPS) is 15.8. The Hall–Kier alpha value is -0.453. The van der Waals surface area contributed by atoms with Crippen molar-refractivity contribution in [2.24, 2.45) is 0 Å². The van der Waals surface area contributed by atoms with Crippen LogP contribution >= 0.6 is 0 Å². The molecule has 0 N–H and O–H groups in total. The molecule has 0 saturated heterocycles. The fourth-order valence-electron chi connectivity index (χ4n) is 2.17. The summed E-state index contributed by atoms with van der Waals surface area (Å²) in [5, 5.41) is 0. The Morgan fingerprint density at radius 1 is 1.37 bits per heavy atom. The predicted molar refractivity (Wildman–Crippen MR) is 82.6 cm³/mol. The number of hydrogen-bond acceptors (Lipinski definition) is 3. The minimum Gasteiger partial charge on any atom is -0.395 e. The van der Waals surface area contributed by atoms with E-state index in [1.165, 1.54) is 0 Å². The van der Waals surface area contributed by atoms with E-state index in [9.17, 15) is 4.79 Å². The lowest BCUT2D eigenvalue weighted by atomic mass is 10.1. The van der Waals surface area contributed by atoms with Crippen molar-refractivity contribution in [2.75, 3.05) is 6.61 Å². The molecule has 0 aliphatic rings. The molecular weight excluding hydrogens is 256 g/mol. The molecule has 2 atom stereocenters. The van der Waals surface area contributed by atoms with Crippen LogP contribution in [0.1, 0.15) is 53.4 Å². The Kier molecular flexibility index (Phi) is 9.23. The molecule has 0 fully saturated rings. The first kappa shape index (κ1) is 18.5. The van der Waals surface area contributed by atoms with Gasteiger partial charge in [-0.1, -0.05) is 19.9 Å². The first-order chi connectivity index (χ1) is 8.84. The second-order valence-corrected chi connectivity index (χ2v) is 8.63. The molecule has 0 aromatic rings. The molecule has 3 nitrogen and oxygen atoms in total. The summed E-state index contributed by atoms with van der Waals surface area (Å²) < 4.78 is 12.0. The van der Waals surface area contributed by atoms with Crippen molar-refractivity contribution in [3.63, 3.8) is 0 Å². The quantitative estimate of drug-likeness (QED) is 0.421. The van der Waals surface area contributed by atoms with E-state index in [1.54, 1.807) is 6.92 Å². The number of allylic oxidation sites excluding steroid dienone is 1. The van der Waals surface area contributed by atoms with E-state index >= 15 is 0 Å². The highest BCUT2D eigenvalue weighted by Gasteiger charge is 2.31. The zero-order valence-electron chi connectivity index (χ0n) is 13.3. The minimum absolute atomic E-state index is 0.158. The average molecular weight is 286 g/mol.